The summed E-state index contributed by atoms with van der Waals surface area (Å²) in [7, 11) is 0. The Hall–Kier alpha value is -3.84. The van der Waals surface area contributed by atoms with Crippen molar-refractivity contribution in [2.45, 2.75) is 26.1 Å². The maximum atomic E-state index is 10.8. The van der Waals surface area contributed by atoms with E-state index in [1.807, 2.05) is 24.3 Å². The molecular weight excluding hydrogens is 564 g/mol. The summed E-state index contributed by atoms with van der Waals surface area (Å²) in [5.74, 6) is 0.656. The molecule has 0 unspecified atom stereocenters. The van der Waals surface area contributed by atoms with Gasteiger partial charge in [0.1, 0.15) is 23.4 Å². The van der Waals surface area contributed by atoms with Crippen molar-refractivity contribution in [2.24, 2.45) is 4.99 Å². The molecule has 9 heteroatoms. The summed E-state index contributed by atoms with van der Waals surface area (Å²) in [6, 6.07) is 24.8. The van der Waals surface area contributed by atoms with Crippen LogP contribution in [0.15, 0.2) is 82.3 Å². The van der Waals surface area contributed by atoms with E-state index in [1.54, 1.807) is 29.7 Å². The lowest BCUT2D eigenvalue weighted by molar-refractivity contribution is -0.384. The van der Waals surface area contributed by atoms with E-state index in [0.717, 1.165) is 52.2 Å². The first-order valence-corrected chi connectivity index (χ1v) is 13.6. The first-order valence-electron chi connectivity index (χ1n) is 12.0. The van der Waals surface area contributed by atoms with Crippen LogP contribution in [0.25, 0.3) is 0 Å². The van der Waals surface area contributed by atoms with Crippen LogP contribution in [-0.4, -0.2) is 22.6 Å². The van der Waals surface area contributed by atoms with Gasteiger partial charge in [0.15, 0.2) is 0 Å². The Morgan fingerprint density at radius 1 is 1.13 bits per heavy atom. The molecule has 1 aliphatic heterocycles. The number of ether oxygens (including phenoxy) is 1. The van der Waals surface area contributed by atoms with E-state index in [0.29, 0.717) is 11.3 Å². The van der Waals surface area contributed by atoms with Gasteiger partial charge in [-0.2, -0.15) is 5.26 Å². The highest BCUT2D eigenvalue weighted by Gasteiger charge is 2.24. The van der Waals surface area contributed by atoms with Gasteiger partial charge in [0, 0.05) is 42.9 Å². The lowest BCUT2D eigenvalue weighted by Crippen LogP contribution is -2.29. The SMILES string of the molecule is N#Cc1c(N=Cc2ccc(OCc3ccc([N+](=O)[O-])cc3)c(Br)c2)sc2c1CCN(Cc1ccccc1)C2. The van der Waals surface area contributed by atoms with Crippen LogP contribution in [0.2, 0.25) is 0 Å². The second-order valence-electron chi connectivity index (χ2n) is 8.90. The summed E-state index contributed by atoms with van der Waals surface area (Å²) in [4.78, 5) is 18.7. The summed E-state index contributed by atoms with van der Waals surface area (Å²) in [6.07, 6.45) is 2.62. The molecule has 5 rings (SSSR count). The maximum absolute atomic E-state index is 10.8. The number of non-ortho nitro benzene ring substituents is 1. The number of hydrogen-bond donors (Lipinski definition) is 0. The van der Waals surface area contributed by atoms with E-state index in [-0.39, 0.29) is 12.3 Å². The number of fused-ring (bicyclic) bond motifs is 1. The molecule has 0 fully saturated rings. The fourth-order valence-electron chi connectivity index (χ4n) is 4.35. The Bertz CT molecular complexity index is 1530. The van der Waals surface area contributed by atoms with Crippen LogP contribution in [0.1, 0.15) is 32.7 Å². The molecule has 190 valence electrons. The molecule has 0 radical (unpaired) electrons. The van der Waals surface area contributed by atoms with Crippen molar-refractivity contribution in [1.82, 2.24) is 4.90 Å². The molecule has 7 nitrogen and oxygen atoms in total. The van der Waals surface area contributed by atoms with Crippen molar-refractivity contribution in [3.8, 4) is 11.8 Å². The number of nitro benzene ring substituents is 1. The molecule has 38 heavy (non-hydrogen) atoms. The topological polar surface area (TPSA) is 91.8 Å². The zero-order valence-corrected chi connectivity index (χ0v) is 22.7. The normalized spacial score (nSPS) is 13.3. The van der Waals surface area contributed by atoms with Crippen molar-refractivity contribution in [2.75, 3.05) is 6.54 Å². The molecule has 0 aliphatic carbocycles. The number of nitro groups is 1. The highest BCUT2D eigenvalue weighted by molar-refractivity contribution is 9.10. The smallest absolute Gasteiger partial charge is 0.269 e. The minimum Gasteiger partial charge on any atom is -0.488 e. The molecular formula is C29H23BrN4O3S. The standard InChI is InChI=1S/C29H23BrN4O3S/c30-26-14-22(8-11-27(26)37-19-21-6-9-23(10-7-21)34(35)36)16-32-29-25(15-31)24-12-13-33(18-28(24)38-29)17-20-4-2-1-3-5-20/h1-11,14,16H,12-13,17-19H2. The summed E-state index contributed by atoms with van der Waals surface area (Å²) < 4.78 is 6.65. The first-order chi connectivity index (χ1) is 18.5. The predicted molar refractivity (Wildman–Crippen MR) is 152 cm³/mol. The van der Waals surface area contributed by atoms with Crippen LogP contribution in [-0.2, 0) is 26.1 Å². The number of halogens is 1. The van der Waals surface area contributed by atoms with Gasteiger partial charge in [0.25, 0.3) is 5.69 Å². The van der Waals surface area contributed by atoms with Crippen LogP contribution in [0.5, 0.6) is 5.75 Å². The van der Waals surface area contributed by atoms with E-state index in [1.165, 1.54) is 22.6 Å². The molecule has 2 heterocycles. The van der Waals surface area contributed by atoms with Crippen molar-refractivity contribution in [1.29, 1.82) is 5.26 Å². The second kappa shape index (κ2) is 11.7. The van der Waals surface area contributed by atoms with E-state index >= 15 is 0 Å². The Morgan fingerprint density at radius 2 is 1.92 bits per heavy atom. The Kier molecular flexibility index (Phi) is 7.94. The Labute approximate surface area is 232 Å². The van der Waals surface area contributed by atoms with Gasteiger partial charge in [-0.1, -0.05) is 30.3 Å². The van der Waals surface area contributed by atoms with Crippen LogP contribution < -0.4 is 4.74 Å². The van der Waals surface area contributed by atoms with E-state index < -0.39 is 4.92 Å². The van der Waals surface area contributed by atoms with E-state index in [9.17, 15) is 15.4 Å². The van der Waals surface area contributed by atoms with Gasteiger partial charge in [-0.3, -0.25) is 15.0 Å². The summed E-state index contributed by atoms with van der Waals surface area (Å²) in [5.41, 5.74) is 4.86. The lowest BCUT2D eigenvalue weighted by Gasteiger charge is -2.26. The van der Waals surface area contributed by atoms with Crippen LogP contribution in [0, 0.1) is 21.4 Å². The average Bonchev–Trinajstić information content (AvgIpc) is 3.29. The third-order valence-corrected chi connectivity index (χ3v) is 8.05. The van der Waals surface area contributed by atoms with Gasteiger partial charge in [-0.05, 0) is 74.9 Å². The number of thiophene rings is 1. The van der Waals surface area contributed by atoms with Gasteiger partial charge in [0.2, 0.25) is 0 Å². The zero-order valence-electron chi connectivity index (χ0n) is 20.3. The molecule has 0 saturated carbocycles. The summed E-state index contributed by atoms with van der Waals surface area (Å²) in [6.45, 7) is 2.93. The van der Waals surface area contributed by atoms with Crippen LogP contribution in [0.4, 0.5) is 10.7 Å². The fraction of sp³-hybridized carbons (Fsp3) is 0.172. The van der Waals surface area contributed by atoms with Crippen molar-refractivity contribution in [3.63, 3.8) is 0 Å². The van der Waals surface area contributed by atoms with Gasteiger partial charge < -0.3 is 4.74 Å². The molecule has 0 saturated heterocycles. The molecule has 1 aromatic heterocycles. The van der Waals surface area contributed by atoms with Gasteiger partial charge in [-0.25, -0.2) is 4.99 Å². The molecule has 0 N–H and O–H groups in total. The second-order valence-corrected chi connectivity index (χ2v) is 10.8. The molecule has 0 amide bonds. The van der Waals surface area contributed by atoms with Crippen molar-refractivity contribution >= 4 is 44.2 Å². The Balaban J connectivity index is 1.25. The third-order valence-electron chi connectivity index (χ3n) is 6.31. The Morgan fingerprint density at radius 3 is 2.63 bits per heavy atom. The number of nitrogens with zero attached hydrogens (tertiary/aromatic N) is 4. The van der Waals surface area contributed by atoms with Gasteiger partial charge in [-0.15, -0.1) is 11.3 Å². The molecule has 4 aromatic rings. The average molecular weight is 587 g/mol. The van der Waals surface area contributed by atoms with Crippen molar-refractivity contribution in [3.05, 3.63) is 120 Å². The quantitative estimate of drug-likeness (QED) is 0.124. The highest BCUT2D eigenvalue weighted by Crippen LogP contribution is 2.39. The van der Waals surface area contributed by atoms with Gasteiger partial charge >= 0.3 is 0 Å². The maximum Gasteiger partial charge on any atom is 0.269 e. The molecule has 0 bridgehead atoms. The minimum atomic E-state index is -0.423. The van der Waals surface area contributed by atoms with Crippen LogP contribution >= 0.6 is 27.3 Å². The number of benzene rings is 3. The van der Waals surface area contributed by atoms with Crippen molar-refractivity contribution < 1.29 is 9.66 Å². The predicted octanol–water partition coefficient (Wildman–Crippen LogP) is 7.18. The number of hydrogen-bond acceptors (Lipinski definition) is 7. The largest absolute Gasteiger partial charge is 0.488 e. The molecule has 0 spiro atoms. The number of nitriles is 1. The van der Waals surface area contributed by atoms with Gasteiger partial charge in [0.05, 0.1) is 15.0 Å². The summed E-state index contributed by atoms with van der Waals surface area (Å²) >= 11 is 5.15. The highest BCUT2D eigenvalue weighted by atomic mass is 79.9. The minimum absolute atomic E-state index is 0.0502. The van der Waals surface area contributed by atoms with E-state index in [2.05, 4.69) is 56.2 Å². The lowest BCUT2D eigenvalue weighted by atomic mass is 10.0. The summed E-state index contributed by atoms with van der Waals surface area (Å²) in [5, 5.41) is 21.4. The molecule has 1 aliphatic rings. The molecule has 0 atom stereocenters. The third kappa shape index (κ3) is 6.00. The number of rotatable bonds is 8. The first kappa shape index (κ1) is 25.8. The fourth-order valence-corrected chi connectivity index (χ4v) is 6.04. The number of aliphatic imine (C=N–C) groups is 1. The zero-order chi connectivity index (χ0) is 26.5. The molecule has 3 aromatic carbocycles. The monoisotopic (exact) mass is 586 g/mol. The van der Waals surface area contributed by atoms with E-state index in [4.69, 9.17) is 4.74 Å². The van der Waals surface area contributed by atoms with Crippen LogP contribution in [0.3, 0.4) is 0 Å².